The molecular formula is C14H24O3. The molecule has 98 valence electrons. The molecule has 3 nitrogen and oxygen atoms in total. The highest BCUT2D eigenvalue weighted by atomic mass is 16.5. The summed E-state index contributed by atoms with van der Waals surface area (Å²) in [5.41, 5.74) is 0.131. The number of methoxy groups -OCH3 is 1. The summed E-state index contributed by atoms with van der Waals surface area (Å²) >= 11 is 0. The number of ether oxygens (including phenoxy) is 2. The zero-order valence-electron chi connectivity index (χ0n) is 10.7. The highest BCUT2D eigenvalue weighted by Gasteiger charge is 2.47. The van der Waals surface area contributed by atoms with E-state index in [9.17, 15) is 5.11 Å². The molecule has 3 unspecified atom stereocenters. The van der Waals surface area contributed by atoms with Crippen LogP contribution in [-0.4, -0.2) is 36.6 Å². The monoisotopic (exact) mass is 240 g/mol. The molecule has 1 saturated heterocycles. The SMILES string of the molecule is COC(C1CC1)C(O)C1CCOC2(CCC2)C1. The van der Waals surface area contributed by atoms with Crippen molar-refractivity contribution < 1.29 is 14.6 Å². The summed E-state index contributed by atoms with van der Waals surface area (Å²) in [5, 5.41) is 10.5. The van der Waals surface area contributed by atoms with E-state index in [-0.39, 0.29) is 17.8 Å². The smallest absolute Gasteiger partial charge is 0.0860 e. The predicted molar refractivity (Wildman–Crippen MR) is 64.8 cm³/mol. The summed E-state index contributed by atoms with van der Waals surface area (Å²) in [7, 11) is 1.74. The van der Waals surface area contributed by atoms with E-state index in [0.29, 0.717) is 11.8 Å². The minimum absolute atomic E-state index is 0.0650. The molecule has 0 radical (unpaired) electrons. The first kappa shape index (κ1) is 11.9. The van der Waals surface area contributed by atoms with E-state index in [4.69, 9.17) is 9.47 Å². The molecule has 0 bridgehead atoms. The van der Waals surface area contributed by atoms with Gasteiger partial charge in [-0.05, 0) is 56.8 Å². The first-order chi connectivity index (χ1) is 8.24. The fraction of sp³-hybridized carbons (Fsp3) is 1.00. The lowest BCUT2D eigenvalue weighted by Gasteiger charge is -2.48. The van der Waals surface area contributed by atoms with E-state index >= 15 is 0 Å². The molecule has 1 aliphatic heterocycles. The zero-order chi connectivity index (χ0) is 11.9. The lowest BCUT2D eigenvalue weighted by molar-refractivity contribution is -0.169. The van der Waals surface area contributed by atoms with E-state index in [0.717, 1.165) is 19.4 Å². The first-order valence-corrected chi connectivity index (χ1v) is 7.09. The molecule has 3 fully saturated rings. The molecule has 3 aliphatic rings. The summed E-state index contributed by atoms with van der Waals surface area (Å²) in [6.07, 6.45) is 7.95. The first-order valence-electron chi connectivity index (χ1n) is 7.09. The van der Waals surface area contributed by atoms with Gasteiger partial charge in [0.2, 0.25) is 0 Å². The third kappa shape index (κ3) is 2.25. The zero-order valence-corrected chi connectivity index (χ0v) is 10.7. The van der Waals surface area contributed by atoms with Gasteiger partial charge in [-0.25, -0.2) is 0 Å². The van der Waals surface area contributed by atoms with Crippen molar-refractivity contribution in [1.82, 2.24) is 0 Å². The van der Waals surface area contributed by atoms with Gasteiger partial charge in [0.1, 0.15) is 0 Å². The number of aliphatic hydroxyl groups excluding tert-OH is 1. The minimum atomic E-state index is -0.283. The number of rotatable bonds is 4. The normalized spacial score (nSPS) is 35.3. The van der Waals surface area contributed by atoms with Gasteiger partial charge in [0.25, 0.3) is 0 Å². The maximum atomic E-state index is 10.5. The van der Waals surface area contributed by atoms with Gasteiger partial charge in [-0.15, -0.1) is 0 Å². The molecule has 0 aromatic heterocycles. The predicted octanol–water partition coefficient (Wildman–Crippen LogP) is 2.12. The molecule has 2 aliphatic carbocycles. The Hall–Kier alpha value is -0.120. The second-order valence-electron chi connectivity index (χ2n) is 6.17. The summed E-state index contributed by atoms with van der Waals surface area (Å²) < 4.78 is 11.4. The fourth-order valence-electron chi connectivity index (χ4n) is 3.58. The van der Waals surface area contributed by atoms with Crippen LogP contribution >= 0.6 is 0 Å². The molecule has 17 heavy (non-hydrogen) atoms. The van der Waals surface area contributed by atoms with Crippen molar-refractivity contribution in [3.05, 3.63) is 0 Å². The van der Waals surface area contributed by atoms with Crippen LogP contribution in [0.2, 0.25) is 0 Å². The second-order valence-corrected chi connectivity index (χ2v) is 6.17. The van der Waals surface area contributed by atoms with Crippen LogP contribution in [0.25, 0.3) is 0 Å². The van der Waals surface area contributed by atoms with E-state index in [1.54, 1.807) is 7.11 Å². The summed E-state index contributed by atoms with van der Waals surface area (Å²) in [4.78, 5) is 0. The van der Waals surface area contributed by atoms with Crippen molar-refractivity contribution >= 4 is 0 Å². The van der Waals surface area contributed by atoms with Gasteiger partial charge in [-0.3, -0.25) is 0 Å². The Morgan fingerprint density at radius 2 is 2.00 bits per heavy atom. The van der Waals surface area contributed by atoms with E-state index in [2.05, 4.69) is 0 Å². The Balaban J connectivity index is 1.62. The lowest BCUT2D eigenvalue weighted by Crippen LogP contribution is -2.50. The van der Waals surface area contributed by atoms with Gasteiger partial charge in [0, 0.05) is 13.7 Å². The molecule has 1 heterocycles. The largest absolute Gasteiger partial charge is 0.390 e. The highest BCUT2D eigenvalue weighted by Crippen LogP contribution is 2.47. The Kier molecular flexibility index (Phi) is 3.18. The standard InChI is InChI=1S/C14H24O3/c1-16-13(10-3-4-10)12(15)11-5-8-17-14(9-11)6-2-7-14/h10-13,15H,2-9H2,1H3. The fourth-order valence-corrected chi connectivity index (χ4v) is 3.58. The van der Waals surface area contributed by atoms with Crippen molar-refractivity contribution in [2.45, 2.75) is 62.8 Å². The maximum absolute atomic E-state index is 10.5. The van der Waals surface area contributed by atoms with Crippen molar-refractivity contribution in [2.24, 2.45) is 11.8 Å². The second kappa shape index (κ2) is 4.52. The molecule has 3 atom stereocenters. The highest BCUT2D eigenvalue weighted by molar-refractivity contribution is 4.98. The average molecular weight is 240 g/mol. The van der Waals surface area contributed by atoms with Gasteiger partial charge in [-0.2, -0.15) is 0 Å². The van der Waals surface area contributed by atoms with Gasteiger partial charge in [0.05, 0.1) is 17.8 Å². The molecule has 0 aromatic rings. The Morgan fingerprint density at radius 1 is 1.24 bits per heavy atom. The van der Waals surface area contributed by atoms with Crippen molar-refractivity contribution in [3.63, 3.8) is 0 Å². The minimum Gasteiger partial charge on any atom is -0.390 e. The summed E-state index contributed by atoms with van der Waals surface area (Å²) in [6, 6.07) is 0. The van der Waals surface area contributed by atoms with Crippen LogP contribution in [-0.2, 0) is 9.47 Å². The van der Waals surface area contributed by atoms with Crippen molar-refractivity contribution in [2.75, 3.05) is 13.7 Å². The molecular weight excluding hydrogens is 216 g/mol. The molecule has 3 heteroatoms. The molecule has 2 saturated carbocycles. The van der Waals surface area contributed by atoms with Crippen LogP contribution in [0.3, 0.4) is 0 Å². The van der Waals surface area contributed by atoms with Gasteiger partial charge in [0.15, 0.2) is 0 Å². The van der Waals surface area contributed by atoms with Crippen LogP contribution in [0.5, 0.6) is 0 Å². The van der Waals surface area contributed by atoms with Gasteiger partial charge in [-0.1, -0.05) is 0 Å². The third-order valence-electron chi connectivity index (χ3n) is 4.97. The Morgan fingerprint density at radius 3 is 2.53 bits per heavy atom. The Bertz CT molecular complexity index is 271. The molecule has 1 N–H and O–H groups in total. The summed E-state index contributed by atoms with van der Waals surface area (Å²) in [5.74, 6) is 0.991. The van der Waals surface area contributed by atoms with Crippen LogP contribution in [0.4, 0.5) is 0 Å². The van der Waals surface area contributed by atoms with E-state index in [1.165, 1.54) is 32.1 Å². The van der Waals surface area contributed by atoms with Crippen LogP contribution in [0.15, 0.2) is 0 Å². The number of aliphatic hydroxyl groups is 1. The van der Waals surface area contributed by atoms with E-state index in [1.807, 2.05) is 0 Å². The number of hydrogen-bond donors (Lipinski definition) is 1. The average Bonchev–Trinajstić information content (AvgIpc) is 3.12. The van der Waals surface area contributed by atoms with E-state index < -0.39 is 0 Å². The maximum Gasteiger partial charge on any atom is 0.0860 e. The molecule has 1 spiro atoms. The topological polar surface area (TPSA) is 38.7 Å². The molecule has 0 amide bonds. The van der Waals surface area contributed by atoms with Crippen LogP contribution in [0, 0.1) is 11.8 Å². The van der Waals surface area contributed by atoms with Gasteiger partial charge < -0.3 is 14.6 Å². The molecule has 0 aromatic carbocycles. The quantitative estimate of drug-likeness (QED) is 0.818. The molecule has 3 rings (SSSR count). The number of hydrogen-bond acceptors (Lipinski definition) is 3. The van der Waals surface area contributed by atoms with Crippen molar-refractivity contribution in [3.8, 4) is 0 Å². The van der Waals surface area contributed by atoms with Gasteiger partial charge >= 0.3 is 0 Å². The Labute approximate surface area is 103 Å². The van der Waals surface area contributed by atoms with Crippen LogP contribution in [0.1, 0.15) is 44.9 Å². The van der Waals surface area contributed by atoms with Crippen LogP contribution < -0.4 is 0 Å². The third-order valence-corrected chi connectivity index (χ3v) is 4.97. The van der Waals surface area contributed by atoms with Crippen molar-refractivity contribution in [1.29, 1.82) is 0 Å². The summed E-state index contributed by atoms with van der Waals surface area (Å²) in [6.45, 7) is 0.822. The lowest BCUT2D eigenvalue weighted by atomic mass is 9.70.